The van der Waals surface area contributed by atoms with E-state index in [1.807, 2.05) is 42.5 Å². The molecule has 3 unspecified atom stereocenters. The highest BCUT2D eigenvalue weighted by Gasteiger charge is 2.24. The lowest BCUT2D eigenvalue weighted by Crippen LogP contribution is -2.46. The van der Waals surface area contributed by atoms with Crippen molar-refractivity contribution in [3.05, 3.63) is 85.1 Å². The van der Waals surface area contributed by atoms with Crippen molar-refractivity contribution in [2.24, 2.45) is 0 Å². The quantitative estimate of drug-likeness (QED) is 0.0322. The van der Waals surface area contributed by atoms with Crippen LogP contribution >= 0.6 is 0 Å². The molecule has 0 bridgehead atoms. The van der Waals surface area contributed by atoms with E-state index in [9.17, 15) is 19.8 Å². The molecule has 0 heterocycles. The number of unbranched alkanes of at least 4 members (excludes halogenated alkanes) is 25. The number of nitrogens with one attached hydrogen (secondary N) is 1. The second-order valence-corrected chi connectivity index (χ2v) is 17.7. The number of amides is 1. The minimum absolute atomic E-state index is 0.0235. The molecule has 0 aromatic heterocycles. The normalized spacial score (nSPS) is 13.9. The first-order chi connectivity index (χ1) is 31.0. The van der Waals surface area contributed by atoms with E-state index in [0.717, 1.165) is 70.6 Å². The lowest BCUT2D eigenvalue weighted by atomic mass is 10.0. The van der Waals surface area contributed by atoms with Crippen LogP contribution in [0.3, 0.4) is 0 Å². The number of esters is 1. The molecule has 0 aromatic carbocycles. The van der Waals surface area contributed by atoms with Gasteiger partial charge in [-0.3, -0.25) is 9.59 Å². The van der Waals surface area contributed by atoms with E-state index in [2.05, 4.69) is 68.6 Å². The fourth-order valence-corrected chi connectivity index (χ4v) is 7.62. The molecule has 6 heteroatoms. The zero-order valence-electron chi connectivity index (χ0n) is 41.2. The number of rotatable bonds is 46. The summed E-state index contributed by atoms with van der Waals surface area (Å²) >= 11 is 0. The zero-order valence-corrected chi connectivity index (χ0v) is 41.2. The Morgan fingerprint density at radius 1 is 0.476 bits per heavy atom. The van der Waals surface area contributed by atoms with Crippen molar-refractivity contribution in [3.63, 3.8) is 0 Å². The Labute approximate surface area is 389 Å². The van der Waals surface area contributed by atoms with Gasteiger partial charge in [-0.15, -0.1) is 0 Å². The molecule has 0 aliphatic carbocycles. The van der Waals surface area contributed by atoms with Crippen LogP contribution < -0.4 is 5.32 Å². The maximum absolute atomic E-state index is 13.2. The van der Waals surface area contributed by atoms with Crippen molar-refractivity contribution in [1.82, 2.24) is 5.32 Å². The van der Waals surface area contributed by atoms with Gasteiger partial charge in [0.1, 0.15) is 6.10 Å². The van der Waals surface area contributed by atoms with Crippen LogP contribution in [0.5, 0.6) is 0 Å². The van der Waals surface area contributed by atoms with Gasteiger partial charge in [0.2, 0.25) is 5.91 Å². The van der Waals surface area contributed by atoms with Gasteiger partial charge < -0.3 is 20.3 Å². The van der Waals surface area contributed by atoms with Crippen LogP contribution in [0.4, 0.5) is 0 Å². The molecule has 0 spiro atoms. The molecule has 0 saturated carbocycles. The Balaban J connectivity index is 4.71. The Bertz CT molecular complexity index is 1210. The Morgan fingerprint density at radius 3 is 1.35 bits per heavy atom. The van der Waals surface area contributed by atoms with E-state index in [0.29, 0.717) is 19.3 Å². The summed E-state index contributed by atoms with van der Waals surface area (Å²) in [5, 5.41) is 23.8. The minimum Gasteiger partial charge on any atom is -0.462 e. The number of allylic oxidation sites excluding steroid dienone is 14. The predicted octanol–water partition coefficient (Wildman–Crippen LogP) is 16.0. The highest BCUT2D eigenvalue weighted by molar-refractivity contribution is 5.77. The van der Waals surface area contributed by atoms with Crippen LogP contribution in [0.2, 0.25) is 0 Å². The van der Waals surface area contributed by atoms with Crippen molar-refractivity contribution in [2.45, 2.75) is 257 Å². The number of ether oxygens (including phenoxy) is 1. The SMILES string of the molecule is CC/C=C/C=C/C=C\C=C/C=C/CCCCCC(=O)OC(CCC/C=C/C=C/CCCCCCCCC)CC(=O)NC(CO)C(O)CCCCCCCCCCCCCCCCC. The average molecular weight is 878 g/mol. The molecule has 3 N–H and O–H groups in total. The zero-order chi connectivity index (χ0) is 45.9. The Kier molecular flexibility index (Phi) is 47.7. The summed E-state index contributed by atoms with van der Waals surface area (Å²) in [7, 11) is 0. The summed E-state index contributed by atoms with van der Waals surface area (Å²) in [6.07, 6.45) is 65.0. The smallest absolute Gasteiger partial charge is 0.306 e. The molecule has 3 atom stereocenters. The van der Waals surface area contributed by atoms with E-state index in [1.54, 1.807) is 0 Å². The van der Waals surface area contributed by atoms with Crippen LogP contribution in [0.15, 0.2) is 85.1 Å². The Morgan fingerprint density at radius 2 is 0.873 bits per heavy atom. The molecule has 63 heavy (non-hydrogen) atoms. The third kappa shape index (κ3) is 45.4. The summed E-state index contributed by atoms with van der Waals surface area (Å²) < 4.78 is 5.89. The summed E-state index contributed by atoms with van der Waals surface area (Å²) in [6.45, 7) is 6.32. The fraction of sp³-hybridized carbons (Fsp3) is 0.719. The van der Waals surface area contributed by atoms with Crippen molar-refractivity contribution in [3.8, 4) is 0 Å². The highest BCUT2D eigenvalue weighted by atomic mass is 16.5. The number of carbonyl (C=O) groups is 2. The molecule has 0 aromatic rings. The van der Waals surface area contributed by atoms with Crippen molar-refractivity contribution < 1.29 is 24.5 Å². The third-order valence-electron chi connectivity index (χ3n) is 11.6. The Hall–Kier alpha value is -2.96. The first kappa shape index (κ1) is 60.0. The second kappa shape index (κ2) is 50.0. The molecule has 0 rings (SSSR count). The van der Waals surface area contributed by atoms with Gasteiger partial charge in [0.05, 0.1) is 25.2 Å². The number of hydrogen-bond acceptors (Lipinski definition) is 5. The molecular weight excluding hydrogens is 779 g/mol. The van der Waals surface area contributed by atoms with Crippen molar-refractivity contribution >= 4 is 11.9 Å². The molecule has 0 aliphatic rings. The molecule has 1 amide bonds. The maximum atomic E-state index is 13.2. The second-order valence-electron chi connectivity index (χ2n) is 17.7. The molecule has 0 aliphatic heterocycles. The topological polar surface area (TPSA) is 95.9 Å². The summed E-state index contributed by atoms with van der Waals surface area (Å²) in [5.41, 5.74) is 0. The monoisotopic (exact) mass is 878 g/mol. The number of aliphatic hydroxyl groups excluding tert-OH is 2. The molecule has 0 radical (unpaired) electrons. The van der Waals surface area contributed by atoms with Gasteiger partial charge in [-0.1, -0.05) is 247 Å². The number of aliphatic hydroxyl groups is 2. The van der Waals surface area contributed by atoms with Crippen LogP contribution in [0.25, 0.3) is 0 Å². The summed E-state index contributed by atoms with van der Waals surface area (Å²) in [5.74, 6) is -0.573. The third-order valence-corrected chi connectivity index (χ3v) is 11.6. The summed E-state index contributed by atoms with van der Waals surface area (Å²) in [6, 6.07) is -0.729. The average Bonchev–Trinajstić information content (AvgIpc) is 3.28. The van der Waals surface area contributed by atoms with Crippen LogP contribution in [-0.2, 0) is 14.3 Å². The van der Waals surface area contributed by atoms with E-state index in [-0.39, 0.29) is 24.9 Å². The maximum Gasteiger partial charge on any atom is 0.306 e. The van der Waals surface area contributed by atoms with Gasteiger partial charge in [0.25, 0.3) is 0 Å². The predicted molar refractivity (Wildman–Crippen MR) is 273 cm³/mol. The van der Waals surface area contributed by atoms with Crippen LogP contribution in [0.1, 0.15) is 239 Å². The van der Waals surface area contributed by atoms with E-state index in [1.165, 1.54) is 122 Å². The van der Waals surface area contributed by atoms with E-state index in [4.69, 9.17) is 4.74 Å². The highest BCUT2D eigenvalue weighted by Crippen LogP contribution is 2.17. The first-order valence-corrected chi connectivity index (χ1v) is 26.4. The number of hydrogen-bond donors (Lipinski definition) is 3. The van der Waals surface area contributed by atoms with Gasteiger partial charge in [0, 0.05) is 6.42 Å². The lowest BCUT2D eigenvalue weighted by molar-refractivity contribution is -0.151. The van der Waals surface area contributed by atoms with Crippen LogP contribution in [0, 0.1) is 0 Å². The van der Waals surface area contributed by atoms with E-state index < -0.39 is 18.2 Å². The fourth-order valence-electron chi connectivity index (χ4n) is 7.62. The molecule has 0 fully saturated rings. The van der Waals surface area contributed by atoms with Crippen LogP contribution in [-0.4, -0.2) is 46.9 Å². The standard InChI is InChI=1S/C57H99NO5/c1-4-7-10-13-16-19-22-25-28-31-34-37-40-43-46-49-55(60)54(52-59)58-56(61)51-53(48-45-42-39-36-33-30-27-24-21-18-15-12-9-6-3)63-57(62)50-47-44-41-38-35-32-29-26-23-20-17-14-11-8-5-2/h8,11,14,17,20,23,26,29-30,32-33,35-36,39,53-55,59-60H,4-7,9-10,12-13,15-16,18-19,21-22,24-25,27-28,31,34,37-38,40-52H2,1-3H3,(H,58,61)/b11-8+,17-14+,23-20-,29-26-,33-30+,35-32+,39-36+. The molecule has 6 nitrogen and oxygen atoms in total. The van der Waals surface area contributed by atoms with Gasteiger partial charge >= 0.3 is 5.97 Å². The number of carbonyl (C=O) groups excluding carboxylic acids is 2. The van der Waals surface area contributed by atoms with E-state index >= 15 is 0 Å². The summed E-state index contributed by atoms with van der Waals surface area (Å²) in [4.78, 5) is 26.1. The van der Waals surface area contributed by atoms with Gasteiger partial charge in [0.15, 0.2) is 0 Å². The lowest BCUT2D eigenvalue weighted by Gasteiger charge is -2.24. The van der Waals surface area contributed by atoms with Gasteiger partial charge in [-0.2, -0.15) is 0 Å². The van der Waals surface area contributed by atoms with Crippen molar-refractivity contribution in [2.75, 3.05) is 6.61 Å². The van der Waals surface area contributed by atoms with Gasteiger partial charge in [-0.05, 0) is 64.2 Å². The van der Waals surface area contributed by atoms with Crippen molar-refractivity contribution in [1.29, 1.82) is 0 Å². The molecular formula is C57H99NO5. The largest absolute Gasteiger partial charge is 0.462 e. The molecule has 362 valence electrons. The molecule has 0 saturated heterocycles. The first-order valence-electron chi connectivity index (χ1n) is 26.4. The van der Waals surface area contributed by atoms with Gasteiger partial charge in [-0.25, -0.2) is 0 Å². The minimum atomic E-state index is -0.811.